The lowest BCUT2D eigenvalue weighted by Crippen LogP contribution is -2.46. The molecule has 0 bridgehead atoms. The predicted octanol–water partition coefficient (Wildman–Crippen LogP) is 4.34. The number of imidazole rings is 1. The molecule has 35 heavy (non-hydrogen) atoms. The highest BCUT2D eigenvalue weighted by Gasteiger charge is 2.36. The van der Waals surface area contributed by atoms with E-state index < -0.39 is 16.6 Å². The van der Waals surface area contributed by atoms with Crippen molar-refractivity contribution in [2.45, 2.75) is 50.8 Å². The number of aromatic nitrogens is 3. The molecule has 0 aliphatic carbocycles. The van der Waals surface area contributed by atoms with Crippen molar-refractivity contribution in [1.29, 1.82) is 0 Å². The number of fused-ring (bicyclic) bond motifs is 1. The largest absolute Gasteiger partial charge is 0.493 e. The first-order valence-electron chi connectivity index (χ1n) is 11.8. The molecule has 1 N–H and O–H groups in total. The standard InChI is InChI=1S/C26H34N4O4S/c1-6-13-28-30-22-10-8-7-9-20(22)29-24(30)35(31)16-21-19(2)23(11-14-27-21)32-15-12-26(5)33-17-25(3,4)18-34-26/h6-11,14,28H,1,12-13,15-18H2,2-5H3. The summed E-state index contributed by atoms with van der Waals surface area (Å²) in [7, 11) is -1.43. The molecule has 0 radical (unpaired) electrons. The first-order valence-corrected chi connectivity index (χ1v) is 13.1. The molecule has 4 rings (SSSR count). The van der Waals surface area contributed by atoms with Crippen molar-refractivity contribution in [1.82, 2.24) is 14.6 Å². The molecule has 1 aliphatic rings. The summed E-state index contributed by atoms with van der Waals surface area (Å²) in [6, 6.07) is 9.52. The van der Waals surface area contributed by atoms with Crippen molar-refractivity contribution in [3.63, 3.8) is 0 Å². The van der Waals surface area contributed by atoms with E-state index in [1.807, 2.05) is 44.2 Å². The van der Waals surface area contributed by atoms with Crippen molar-refractivity contribution < 1.29 is 18.4 Å². The van der Waals surface area contributed by atoms with E-state index in [1.165, 1.54) is 0 Å². The zero-order valence-corrected chi connectivity index (χ0v) is 21.7. The molecule has 1 aromatic carbocycles. The summed E-state index contributed by atoms with van der Waals surface area (Å²) in [5.41, 5.74) is 6.45. The lowest BCUT2D eigenvalue weighted by Gasteiger charge is -2.41. The van der Waals surface area contributed by atoms with Crippen LogP contribution in [0.2, 0.25) is 0 Å². The summed E-state index contributed by atoms with van der Waals surface area (Å²) in [6.45, 7) is 14.2. The van der Waals surface area contributed by atoms with Crippen molar-refractivity contribution in [3.05, 3.63) is 60.4 Å². The van der Waals surface area contributed by atoms with Crippen LogP contribution in [-0.4, -0.2) is 51.0 Å². The van der Waals surface area contributed by atoms with E-state index in [0.717, 1.165) is 16.6 Å². The van der Waals surface area contributed by atoms with Gasteiger partial charge in [0.1, 0.15) is 5.75 Å². The maximum atomic E-state index is 13.4. The fourth-order valence-electron chi connectivity index (χ4n) is 3.78. The second kappa shape index (κ2) is 10.5. The van der Waals surface area contributed by atoms with Crippen LogP contribution in [0.25, 0.3) is 11.0 Å². The number of nitrogens with one attached hydrogen (secondary N) is 1. The monoisotopic (exact) mass is 498 g/mol. The third-order valence-corrected chi connectivity index (χ3v) is 7.22. The Bertz CT molecular complexity index is 1210. The Balaban J connectivity index is 1.45. The van der Waals surface area contributed by atoms with Crippen LogP contribution in [-0.2, 0) is 26.0 Å². The van der Waals surface area contributed by atoms with Gasteiger partial charge in [-0.1, -0.05) is 32.1 Å². The van der Waals surface area contributed by atoms with Gasteiger partial charge in [-0.3, -0.25) is 9.19 Å². The van der Waals surface area contributed by atoms with Crippen molar-refractivity contribution in [2.75, 3.05) is 31.8 Å². The molecule has 188 valence electrons. The van der Waals surface area contributed by atoms with E-state index in [0.29, 0.717) is 49.4 Å². The summed E-state index contributed by atoms with van der Waals surface area (Å²) >= 11 is 0. The molecule has 3 aromatic rings. The second-order valence-corrected chi connectivity index (χ2v) is 11.1. The molecule has 0 spiro atoms. The van der Waals surface area contributed by atoms with E-state index in [1.54, 1.807) is 16.9 Å². The van der Waals surface area contributed by atoms with Crippen LogP contribution in [0.1, 0.15) is 38.4 Å². The smallest absolute Gasteiger partial charge is 0.219 e. The van der Waals surface area contributed by atoms with Crippen LogP contribution in [0.15, 0.2) is 54.3 Å². The number of nitrogens with zero attached hydrogens (tertiary/aromatic N) is 3. The van der Waals surface area contributed by atoms with Gasteiger partial charge < -0.3 is 19.6 Å². The zero-order valence-electron chi connectivity index (χ0n) is 20.9. The van der Waals surface area contributed by atoms with Gasteiger partial charge in [0.15, 0.2) is 5.79 Å². The molecule has 1 atom stereocenters. The van der Waals surface area contributed by atoms with Gasteiger partial charge in [-0.05, 0) is 32.0 Å². The van der Waals surface area contributed by atoms with Gasteiger partial charge in [-0.15, -0.1) is 6.58 Å². The van der Waals surface area contributed by atoms with E-state index in [2.05, 4.69) is 35.8 Å². The summed E-state index contributed by atoms with van der Waals surface area (Å²) in [4.78, 5) is 9.09. The van der Waals surface area contributed by atoms with Gasteiger partial charge in [0.2, 0.25) is 5.16 Å². The maximum absolute atomic E-state index is 13.4. The highest BCUT2D eigenvalue weighted by atomic mass is 32.2. The summed E-state index contributed by atoms with van der Waals surface area (Å²) in [6.07, 6.45) is 4.04. The van der Waals surface area contributed by atoms with Gasteiger partial charge in [0.05, 0.1) is 53.1 Å². The first kappa shape index (κ1) is 25.3. The van der Waals surface area contributed by atoms with E-state index in [4.69, 9.17) is 14.2 Å². The van der Waals surface area contributed by atoms with Gasteiger partial charge in [-0.25, -0.2) is 9.66 Å². The quantitative estimate of drug-likeness (QED) is 0.416. The minimum Gasteiger partial charge on any atom is -0.493 e. The Morgan fingerprint density at radius 1 is 1.23 bits per heavy atom. The number of rotatable bonds is 10. The highest BCUT2D eigenvalue weighted by Crippen LogP contribution is 2.31. The summed E-state index contributed by atoms with van der Waals surface area (Å²) in [5.74, 6) is 0.282. The molecule has 1 saturated heterocycles. The Labute approximate surface area is 209 Å². The molecule has 1 aliphatic heterocycles. The third kappa shape index (κ3) is 5.91. The van der Waals surface area contributed by atoms with Crippen molar-refractivity contribution in [2.24, 2.45) is 5.41 Å². The van der Waals surface area contributed by atoms with Crippen LogP contribution in [0, 0.1) is 12.3 Å². The molecular formula is C26H34N4O4S. The molecule has 0 saturated carbocycles. The van der Waals surface area contributed by atoms with Crippen LogP contribution in [0.4, 0.5) is 0 Å². The fourth-order valence-corrected chi connectivity index (χ4v) is 5.02. The first-order chi connectivity index (χ1) is 16.7. The maximum Gasteiger partial charge on any atom is 0.219 e. The van der Waals surface area contributed by atoms with Crippen LogP contribution < -0.4 is 10.2 Å². The molecular weight excluding hydrogens is 464 g/mol. The van der Waals surface area contributed by atoms with Gasteiger partial charge in [-0.2, -0.15) is 0 Å². The molecule has 9 heteroatoms. The number of hydrogen-bond donors (Lipinski definition) is 1. The molecule has 2 aromatic heterocycles. The predicted molar refractivity (Wildman–Crippen MR) is 137 cm³/mol. The Morgan fingerprint density at radius 3 is 2.71 bits per heavy atom. The highest BCUT2D eigenvalue weighted by molar-refractivity contribution is 7.84. The Morgan fingerprint density at radius 2 is 1.97 bits per heavy atom. The van der Waals surface area contributed by atoms with Gasteiger partial charge >= 0.3 is 0 Å². The topological polar surface area (TPSA) is 87.5 Å². The molecule has 0 amide bonds. The van der Waals surface area contributed by atoms with Crippen molar-refractivity contribution in [3.8, 4) is 5.75 Å². The number of para-hydroxylation sites is 2. The fraction of sp³-hybridized carbons (Fsp3) is 0.462. The van der Waals surface area contributed by atoms with E-state index in [-0.39, 0.29) is 11.2 Å². The molecule has 1 unspecified atom stereocenters. The molecule has 3 heterocycles. The SMILES string of the molecule is C=CCNn1c(S(=O)Cc2nccc(OCCC3(C)OCC(C)(C)CO3)c2C)nc2ccccc21. The Hall–Kier alpha value is -2.75. The van der Waals surface area contributed by atoms with E-state index >= 15 is 0 Å². The van der Waals surface area contributed by atoms with Crippen LogP contribution >= 0.6 is 0 Å². The number of pyridine rings is 1. The van der Waals surface area contributed by atoms with Gasteiger partial charge in [0, 0.05) is 30.1 Å². The van der Waals surface area contributed by atoms with Crippen molar-refractivity contribution >= 4 is 21.8 Å². The minimum atomic E-state index is -1.43. The number of ether oxygens (including phenoxy) is 3. The molecule has 8 nitrogen and oxygen atoms in total. The van der Waals surface area contributed by atoms with Crippen LogP contribution in [0.3, 0.4) is 0 Å². The summed E-state index contributed by atoms with van der Waals surface area (Å²) < 4.78 is 33.2. The van der Waals surface area contributed by atoms with E-state index in [9.17, 15) is 4.21 Å². The molecule has 1 fully saturated rings. The summed E-state index contributed by atoms with van der Waals surface area (Å²) in [5, 5.41) is 0.447. The third-order valence-electron chi connectivity index (χ3n) is 6.00. The number of hydrogen-bond acceptors (Lipinski definition) is 7. The number of benzene rings is 1. The Kier molecular flexibility index (Phi) is 7.59. The zero-order chi connectivity index (χ0) is 25.1. The van der Waals surface area contributed by atoms with Gasteiger partial charge in [0.25, 0.3) is 0 Å². The lowest BCUT2D eigenvalue weighted by atomic mass is 9.94. The average Bonchev–Trinajstić information content (AvgIpc) is 3.21. The van der Waals surface area contributed by atoms with Crippen LogP contribution in [0.5, 0.6) is 5.75 Å². The average molecular weight is 499 g/mol. The lowest BCUT2D eigenvalue weighted by molar-refractivity contribution is -0.293. The minimum absolute atomic E-state index is 0.0222. The normalized spacial score (nSPS) is 17.7. The second-order valence-electron chi connectivity index (χ2n) is 9.71.